The molecular formula is C20H24N4O3. The molecule has 2 aliphatic rings. The minimum Gasteiger partial charge on any atom is -0.352 e. The zero-order valence-electron chi connectivity index (χ0n) is 15.4. The first-order valence-corrected chi connectivity index (χ1v) is 9.34. The molecule has 2 amide bonds. The number of nitrogens with one attached hydrogen (secondary N) is 1. The van der Waals surface area contributed by atoms with Gasteiger partial charge in [-0.05, 0) is 5.56 Å². The number of fused-ring (bicyclic) bond motifs is 2. The fourth-order valence-electron chi connectivity index (χ4n) is 3.96. The van der Waals surface area contributed by atoms with Crippen molar-refractivity contribution in [1.29, 1.82) is 0 Å². The summed E-state index contributed by atoms with van der Waals surface area (Å²) in [5, 5.41) is 2.98. The number of benzene rings is 1. The zero-order chi connectivity index (χ0) is 18.9. The molecule has 3 heterocycles. The van der Waals surface area contributed by atoms with Crippen molar-refractivity contribution in [3.63, 3.8) is 0 Å². The SMILES string of the molecule is CC(=O)N1CCC2(CC1)OC(C(=O)NCc1ccccc1)Cn1ccnc12. The minimum atomic E-state index is -0.609. The lowest BCUT2D eigenvalue weighted by Crippen LogP contribution is -2.54. The molecule has 1 saturated heterocycles. The number of amides is 2. The lowest BCUT2D eigenvalue weighted by Gasteiger charge is -2.45. The maximum atomic E-state index is 12.8. The number of hydrogen-bond donors (Lipinski definition) is 1. The molecule has 1 N–H and O–H groups in total. The third-order valence-electron chi connectivity index (χ3n) is 5.47. The third kappa shape index (κ3) is 3.47. The summed E-state index contributed by atoms with van der Waals surface area (Å²) in [6.45, 7) is 3.73. The molecule has 142 valence electrons. The Morgan fingerprint density at radius 3 is 2.70 bits per heavy atom. The Morgan fingerprint density at radius 2 is 2.00 bits per heavy atom. The summed E-state index contributed by atoms with van der Waals surface area (Å²) >= 11 is 0. The van der Waals surface area contributed by atoms with Gasteiger partial charge in [0.05, 0.1) is 6.54 Å². The van der Waals surface area contributed by atoms with Crippen LogP contribution in [0.2, 0.25) is 0 Å². The molecule has 1 fully saturated rings. The van der Waals surface area contributed by atoms with E-state index in [9.17, 15) is 9.59 Å². The standard InChI is InChI=1S/C20H24N4O3/c1-15(25)23-10-7-20(8-11-23)19-21-9-12-24(19)14-17(27-20)18(26)22-13-16-5-3-2-4-6-16/h2-6,9,12,17H,7-8,10-11,13-14H2,1H3,(H,22,26). The lowest BCUT2D eigenvalue weighted by atomic mass is 9.88. The Balaban J connectivity index is 1.48. The smallest absolute Gasteiger partial charge is 0.251 e. The van der Waals surface area contributed by atoms with Crippen molar-refractivity contribution in [2.75, 3.05) is 13.1 Å². The van der Waals surface area contributed by atoms with Crippen molar-refractivity contribution < 1.29 is 14.3 Å². The molecule has 1 aromatic carbocycles. The van der Waals surface area contributed by atoms with E-state index in [1.807, 2.05) is 46.0 Å². The van der Waals surface area contributed by atoms with Crippen LogP contribution in [0.3, 0.4) is 0 Å². The van der Waals surface area contributed by atoms with Crippen molar-refractivity contribution in [3.05, 3.63) is 54.1 Å². The quantitative estimate of drug-likeness (QED) is 0.889. The van der Waals surface area contributed by atoms with Crippen LogP contribution < -0.4 is 5.32 Å². The maximum Gasteiger partial charge on any atom is 0.251 e. The number of carbonyl (C=O) groups is 2. The number of imidazole rings is 1. The summed E-state index contributed by atoms with van der Waals surface area (Å²) < 4.78 is 8.36. The topological polar surface area (TPSA) is 76.5 Å². The van der Waals surface area contributed by atoms with Crippen LogP contribution in [0, 0.1) is 0 Å². The van der Waals surface area contributed by atoms with Crippen LogP contribution in [0.4, 0.5) is 0 Å². The van der Waals surface area contributed by atoms with Crippen LogP contribution in [0.1, 0.15) is 31.2 Å². The first-order chi connectivity index (χ1) is 13.1. The lowest BCUT2D eigenvalue weighted by molar-refractivity contribution is -0.175. The van der Waals surface area contributed by atoms with E-state index < -0.39 is 11.7 Å². The van der Waals surface area contributed by atoms with Gasteiger partial charge in [0.25, 0.3) is 5.91 Å². The maximum absolute atomic E-state index is 12.8. The van der Waals surface area contributed by atoms with Crippen LogP contribution in [-0.4, -0.2) is 45.5 Å². The number of rotatable bonds is 3. The second-order valence-electron chi connectivity index (χ2n) is 7.21. The molecule has 27 heavy (non-hydrogen) atoms. The highest BCUT2D eigenvalue weighted by atomic mass is 16.5. The van der Waals surface area contributed by atoms with E-state index in [-0.39, 0.29) is 11.8 Å². The molecule has 0 saturated carbocycles. The van der Waals surface area contributed by atoms with E-state index in [4.69, 9.17) is 4.74 Å². The summed E-state index contributed by atoms with van der Waals surface area (Å²) in [6, 6.07) is 9.82. The van der Waals surface area contributed by atoms with E-state index in [0.717, 1.165) is 11.4 Å². The largest absolute Gasteiger partial charge is 0.352 e. The van der Waals surface area contributed by atoms with Crippen molar-refractivity contribution in [2.24, 2.45) is 0 Å². The molecule has 1 unspecified atom stereocenters. The fraction of sp³-hybridized carbons (Fsp3) is 0.450. The van der Waals surface area contributed by atoms with Gasteiger partial charge in [-0.2, -0.15) is 0 Å². The molecule has 0 bridgehead atoms. The van der Waals surface area contributed by atoms with Crippen LogP contribution in [0.15, 0.2) is 42.7 Å². The van der Waals surface area contributed by atoms with E-state index in [0.29, 0.717) is 39.0 Å². The average Bonchev–Trinajstić information content (AvgIpc) is 3.17. The molecule has 4 rings (SSSR count). The van der Waals surface area contributed by atoms with Gasteiger partial charge in [-0.15, -0.1) is 0 Å². The highest BCUT2D eigenvalue weighted by Crippen LogP contribution is 2.40. The fourth-order valence-corrected chi connectivity index (χ4v) is 3.96. The second-order valence-corrected chi connectivity index (χ2v) is 7.21. The van der Waals surface area contributed by atoms with E-state index in [2.05, 4.69) is 10.3 Å². The molecule has 0 radical (unpaired) electrons. The molecule has 1 aromatic heterocycles. The van der Waals surface area contributed by atoms with Gasteiger partial charge in [0.2, 0.25) is 5.91 Å². The van der Waals surface area contributed by atoms with Crippen LogP contribution in [0.5, 0.6) is 0 Å². The van der Waals surface area contributed by atoms with Gasteiger partial charge in [0, 0.05) is 51.8 Å². The number of piperidine rings is 1. The Bertz CT molecular complexity index is 825. The molecule has 1 atom stereocenters. The molecule has 2 aliphatic heterocycles. The molecule has 7 nitrogen and oxygen atoms in total. The number of hydrogen-bond acceptors (Lipinski definition) is 4. The third-order valence-corrected chi connectivity index (χ3v) is 5.47. The molecule has 0 aliphatic carbocycles. The molecule has 7 heteroatoms. The summed E-state index contributed by atoms with van der Waals surface area (Å²) in [5.41, 5.74) is 0.442. The summed E-state index contributed by atoms with van der Waals surface area (Å²) in [4.78, 5) is 30.7. The Morgan fingerprint density at radius 1 is 1.26 bits per heavy atom. The van der Waals surface area contributed by atoms with Gasteiger partial charge in [0.15, 0.2) is 6.10 Å². The first kappa shape index (κ1) is 17.7. The van der Waals surface area contributed by atoms with Crippen molar-refractivity contribution in [2.45, 2.75) is 44.6 Å². The van der Waals surface area contributed by atoms with E-state index in [1.54, 1.807) is 13.1 Å². The van der Waals surface area contributed by atoms with Gasteiger partial charge in [-0.1, -0.05) is 30.3 Å². The van der Waals surface area contributed by atoms with Crippen LogP contribution in [0.25, 0.3) is 0 Å². The number of likely N-dealkylation sites (tertiary alicyclic amines) is 1. The number of carbonyl (C=O) groups excluding carboxylic acids is 2. The van der Waals surface area contributed by atoms with E-state index in [1.165, 1.54) is 0 Å². The van der Waals surface area contributed by atoms with Gasteiger partial charge >= 0.3 is 0 Å². The minimum absolute atomic E-state index is 0.0705. The van der Waals surface area contributed by atoms with Crippen molar-refractivity contribution in [3.8, 4) is 0 Å². The van der Waals surface area contributed by atoms with Gasteiger partial charge in [-0.3, -0.25) is 9.59 Å². The average molecular weight is 368 g/mol. The van der Waals surface area contributed by atoms with Crippen molar-refractivity contribution >= 4 is 11.8 Å². The highest BCUT2D eigenvalue weighted by Gasteiger charge is 2.47. The summed E-state index contributed by atoms with van der Waals surface area (Å²) in [6.07, 6.45) is 4.37. The Hall–Kier alpha value is -2.67. The second kappa shape index (κ2) is 7.15. The Labute approximate surface area is 158 Å². The number of ether oxygens (including phenoxy) is 1. The highest BCUT2D eigenvalue weighted by molar-refractivity contribution is 5.81. The normalized spacial score (nSPS) is 20.9. The zero-order valence-corrected chi connectivity index (χ0v) is 15.4. The van der Waals surface area contributed by atoms with Gasteiger partial charge < -0.3 is 19.5 Å². The monoisotopic (exact) mass is 368 g/mol. The van der Waals surface area contributed by atoms with Gasteiger partial charge in [0.1, 0.15) is 11.4 Å². The van der Waals surface area contributed by atoms with E-state index >= 15 is 0 Å². The summed E-state index contributed by atoms with van der Waals surface area (Å²) in [7, 11) is 0. The molecular weight excluding hydrogens is 344 g/mol. The Kier molecular flexibility index (Phi) is 4.70. The predicted molar refractivity (Wildman–Crippen MR) is 98.6 cm³/mol. The predicted octanol–water partition coefficient (Wildman–Crippen LogP) is 1.44. The van der Waals surface area contributed by atoms with Crippen LogP contribution in [-0.2, 0) is 33.0 Å². The molecule has 2 aromatic rings. The number of nitrogens with zero attached hydrogens (tertiary/aromatic N) is 3. The molecule has 1 spiro atoms. The van der Waals surface area contributed by atoms with Crippen molar-refractivity contribution in [1.82, 2.24) is 19.8 Å². The first-order valence-electron chi connectivity index (χ1n) is 9.34. The van der Waals surface area contributed by atoms with Gasteiger partial charge in [-0.25, -0.2) is 4.98 Å². The summed E-state index contributed by atoms with van der Waals surface area (Å²) in [5.74, 6) is 0.811. The number of aromatic nitrogens is 2. The van der Waals surface area contributed by atoms with Crippen LogP contribution >= 0.6 is 0 Å².